The van der Waals surface area contributed by atoms with Crippen LogP contribution in [0.4, 0.5) is 0 Å². The van der Waals surface area contributed by atoms with E-state index in [1.54, 1.807) is 25.8 Å². The number of para-hydroxylation sites is 1. The third kappa shape index (κ3) is 4.38. The second-order valence-electron chi connectivity index (χ2n) is 7.93. The summed E-state index contributed by atoms with van der Waals surface area (Å²) in [6.07, 6.45) is 9.13. The summed E-state index contributed by atoms with van der Waals surface area (Å²) in [7, 11) is 1.64. The Labute approximate surface area is 197 Å². The van der Waals surface area contributed by atoms with Crippen molar-refractivity contribution in [2.75, 3.05) is 26.9 Å². The number of carbonyl (C=O) groups is 1. The lowest BCUT2D eigenvalue weighted by molar-refractivity contribution is -0.00165. The van der Waals surface area contributed by atoms with Gasteiger partial charge in [0, 0.05) is 12.1 Å². The van der Waals surface area contributed by atoms with Gasteiger partial charge in [-0.25, -0.2) is 5.48 Å². The molecule has 3 aromatic rings. The summed E-state index contributed by atoms with van der Waals surface area (Å²) in [6.45, 7) is 1.47. The van der Waals surface area contributed by atoms with Crippen LogP contribution < -0.4 is 10.2 Å². The molecule has 1 amide bonds. The fourth-order valence-electron chi connectivity index (χ4n) is 4.23. The van der Waals surface area contributed by atoms with Crippen LogP contribution in [0.15, 0.2) is 73.3 Å². The third-order valence-electron chi connectivity index (χ3n) is 5.86. The summed E-state index contributed by atoms with van der Waals surface area (Å²) >= 11 is 0. The fourth-order valence-corrected chi connectivity index (χ4v) is 4.23. The van der Waals surface area contributed by atoms with E-state index in [2.05, 4.69) is 21.7 Å². The van der Waals surface area contributed by atoms with Crippen LogP contribution >= 0.6 is 0 Å². The fraction of sp³-hybridized carbons (Fsp3) is 0.240. The molecule has 1 aromatic heterocycles. The minimum absolute atomic E-state index is 0.0647. The Balaban J connectivity index is 1.42. The second-order valence-corrected chi connectivity index (χ2v) is 7.93. The van der Waals surface area contributed by atoms with Gasteiger partial charge in [0.2, 0.25) is 0 Å². The number of rotatable bonds is 6. The van der Waals surface area contributed by atoms with Gasteiger partial charge in [0.1, 0.15) is 12.0 Å². The van der Waals surface area contributed by atoms with E-state index in [4.69, 9.17) is 14.3 Å². The molecular formula is C25H25N5O4. The van der Waals surface area contributed by atoms with Gasteiger partial charge >= 0.3 is 0 Å². The molecule has 34 heavy (non-hydrogen) atoms. The summed E-state index contributed by atoms with van der Waals surface area (Å²) < 4.78 is 11.3. The van der Waals surface area contributed by atoms with Crippen molar-refractivity contribution in [2.24, 2.45) is 0 Å². The zero-order valence-electron chi connectivity index (χ0n) is 18.8. The highest BCUT2D eigenvalue weighted by Crippen LogP contribution is 2.28. The number of carbonyl (C=O) groups excluding carboxylic acids is 1. The first-order valence-corrected chi connectivity index (χ1v) is 11.0. The number of nitrogens with one attached hydrogen (secondary N) is 1. The molecule has 0 spiro atoms. The quantitative estimate of drug-likeness (QED) is 0.606. The number of aromatic nitrogens is 3. The lowest BCUT2D eigenvalue weighted by Gasteiger charge is -2.36. The van der Waals surface area contributed by atoms with Crippen molar-refractivity contribution in [3.05, 3.63) is 90.0 Å². The van der Waals surface area contributed by atoms with E-state index < -0.39 is 0 Å². The van der Waals surface area contributed by atoms with E-state index in [9.17, 15) is 4.79 Å². The van der Waals surface area contributed by atoms with Crippen LogP contribution in [-0.4, -0.2) is 58.7 Å². The summed E-state index contributed by atoms with van der Waals surface area (Å²) in [4.78, 5) is 22.3. The monoisotopic (exact) mass is 459 g/mol. The SMILES string of the molecule is COc1ccc(C[C@@H]2COCCN2C(=O)c2ccccc2-n2nccn2)cc1C1=CC=CON1. The number of hydrogen-bond donors (Lipinski definition) is 1. The number of amides is 1. The van der Waals surface area contributed by atoms with Crippen molar-refractivity contribution in [3.63, 3.8) is 0 Å². The maximum atomic E-state index is 13.7. The van der Waals surface area contributed by atoms with E-state index in [0.717, 1.165) is 22.6 Å². The van der Waals surface area contributed by atoms with Gasteiger partial charge in [-0.1, -0.05) is 18.2 Å². The summed E-state index contributed by atoms with van der Waals surface area (Å²) in [5, 5.41) is 8.41. The highest BCUT2D eigenvalue weighted by molar-refractivity contribution is 5.98. The molecule has 0 saturated carbocycles. The summed E-state index contributed by atoms with van der Waals surface area (Å²) in [5.74, 6) is 0.667. The van der Waals surface area contributed by atoms with Crippen molar-refractivity contribution < 1.29 is 19.1 Å². The normalized spacial score (nSPS) is 17.5. The number of methoxy groups -OCH3 is 1. The maximum Gasteiger partial charge on any atom is 0.256 e. The van der Waals surface area contributed by atoms with Crippen molar-refractivity contribution in [1.29, 1.82) is 0 Å². The largest absolute Gasteiger partial charge is 0.496 e. The highest BCUT2D eigenvalue weighted by atomic mass is 16.6. The first-order chi connectivity index (χ1) is 16.7. The number of hydroxylamine groups is 1. The van der Waals surface area contributed by atoms with E-state index in [1.807, 2.05) is 53.5 Å². The van der Waals surface area contributed by atoms with E-state index in [-0.39, 0.29) is 11.9 Å². The lowest BCUT2D eigenvalue weighted by Crippen LogP contribution is -2.50. The molecule has 9 heteroatoms. The zero-order valence-corrected chi connectivity index (χ0v) is 18.8. The Morgan fingerprint density at radius 1 is 1.21 bits per heavy atom. The number of ether oxygens (including phenoxy) is 2. The predicted octanol–water partition coefficient (Wildman–Crippen LogP) is 2.75. The molecular weight excluding hydrogens is 434 g/mol. The molecule has 9 nitrogen and oxygen atoms in total. The third-order valence-corrected chi connectivity index (χ3v) is 5.86. The van der Waals surface area contributed by atoms with Gasteiger partial charge < -0.3 is 19.2 Å². The van der Waals surface area contributed by atoms with Crippen molar-refractivity contribution in [3.8, 4) is 11.4 Å². The summed E-state index contributed by atoms with van der Waals surface area (Å²) in [5.41, 5.74) is 6.85. The molecule has 1 atom stereocenters. The highest BCUT2D eigenvalue weighted by Gasteiger charge is 2.30. The minimum Gasteiger partial charge on any atom is -0.496 e. The summed E-state index contributed by atoms with van der Waals surface area (Å²) in [6, 6.07) is 13.3. The number of benzene rings is 2. The van der Waals surface area contributed by atoms with Gasteiger partial charge in [0.15, 0.2) is 0 Å². The van der Waals surface area contributed by atoms with Crippen molar-refractivity contribution in [1.82, 2.24) is 25.4 Å². The van der Waals surface area contributed by atoms with E-state index >= 15 is 0 Å². The topological polar surface area (TPSA) is 90.7 Å². The lowest BCUT2D eigenvalue weighted by atomic mass is 9.99. The molecule has 3 heterocycles. The minimum atomic E-state index is -0.120. The van der Waals surface area contributed by atoms with Crippen LogP contribution in [-0.2, 0) is 16.0 Å². The van der Waals surface area contributed by atoms with Crippen LogP contribution in [0.3, 0.4) is 0 Å². The van der Waals surface area contributed by atoms with Gasteiger partial charge in [-0.3, -0.25) is 4.79 Å². The standard InChI is InChI=1S/C25H25N5O4/c1-32-24-9-8-18(16-21(24)22-6-4-13-34-28-22)15-19-17-33-14-12-29(19)25(31)20-5-2-3-7-23(20)30-26-10-11-27-30/h2-11,13,16,19,28H,12,14-15,17H2,1H3/t19-/m1/s1. The molecule has 1 N–H and O–H groups in total. The van der Waals surface area contributed by atoms with Crippen LogP contribution in [0.5, 0.6) is 5.75 Å². The van der Waals surface area contributed by atoms with Crippen molar-refractivity contribution >= 4 is 11.6 Å². The van der Waals surface area contributed by atoms with Gasteiger partial charge in [0.05, 0.1) is 55.7 Å². The second kappa shape index (κ2) is 9.80. The smallest absolute Gasteiger partial charge is 0.256 e. The molecule has 0 unspecified atom stereocenters. The Hall–Kier alpha value is -4.11. The van der Waals surface area contributed by atoms with E-state index in [1.165, 1.54) is 4.80 Å². The number of nitrogens with zero attached hydrogens (tertiary/aromatic N) is 4. The average molecular weight is 460 g/mol. The van der Waals surface area contributed by atoms with Crippen LogP contribution in [0, 0.1) is 0 Å². The molecule has 174 valence electrons. The van der Waals surface area contributed by atoms with Gasteiger partial charge in [0.25, 0.3) is 5.91 Å². The molecule has 2 aromatic carbocycles. The maximum absolute atomic E-state index is 13.7. The Kier molecular flexibility index (Phi) is 6.26. The number of hydrogen-bond acceptors (Lipinski definition) is 7. The predicted molar refractivity (Wildman–Crippen MR) is 125 cm³/mol. The molecule has 0 bridgehead atoms. The van der Waals surface area contributed by atoms with Crippen molar-refractivity contribution in [2.45, 2.75) is 12.5 Å². The molecule has 2 aliphatic heterocycles. The first-order valence-electron chi connectivity index (χ1n) is 11.0. The van der Waals surface area contributed by atoms with Crippen LogP contribution in [0.2, 0.25) is 0 Å². The van der Waals surface area contributed by atoms with Gasteiger partial charge in [-0.05, 0) is 48.4 Å². The molecule has 1 saturated heterocycles. The molecule has 5 rings (SSSR count). The van der Waals surface area contributed by atoms with Gasteiger partial charge in [-0.2, -0.15) is 15.0 Å². The Bertz CT molecular complexity index is 1220. The molecule has 0 radical (unpaired) electrons. The number of allylic oxidation sites excluding steroid dienone is 2. The van der Waals surface area contributed by atoms with E-state index in [0.29, 0.717) is 37.4 Å². The zero-order chi connectivity index (χ0) is 23.3. The molecule has 0 aliphatic carbocycles. The first kappa shape index (κ1) is 21.7. The average Bonchev–Trinajstić information content (AvgIpc) is 3.44. The number of morpholine rings is 1. The van der Waals surface area contributed by atoms with Crippen LogP contribution in [0.1, 0.15) is 21.5 Å². The van der Waals surface area contributed by atoms with Gasteiger partial charge in [-0.15, -0.1) is 0 Å². The van der Waals surface area contributed by atoms with Crippen LogP contribution in [0.25, 0.3) is 11.4 Å². The Morgan fingerprint density at radius 2 is 2.06 bits per heavy atom. The Morgan fingerprint density at radius 3 is 2.85 bits per heavy atom. The molecule has 1 fully saturated rings. The molecule has 2 aliphatic rings.